The molecule has 0 bridgehead atoms. The van der Waals surface area contributed by atoms with Gasteiger partial charge in [-0.3, -0.25) is 14.7 Å². The maximum atomic E-state index is 12.0. The van der Waals surface area contributed by atoms with E-state index >= 15 is 0 Å². The predicted octanol–water partition coefficient (Wildman–Crippen LogP) is 1.29. The lowest BCUT2D eigenvalue weighted by Crippen LogP contribution is -2.54. The summed E-state index contributed by atoms with van der Waals surface area (Å²) in [5.74, 6) is 1.05. The number of aromatic nitrogens is 2. The summed E-state index contributed by atoms with van der Waals surface area (Å²) in [6.07, 6.45) is 4.93. The number of hydrogen-bond acceptors (Lipinski definition) is 4. The van der Waals surface area contributed by atoms with Gasteiger partial charge in [-0.1, -0.05) is 6.07 Å². The molecule has 3 heterocycles. The van der Waals surface area contributed by atoms with Crippen molar-refractivity contribution in [1.82, 2.24) is 29.8 Å². The molecule has 30 heavy (non-hydrogen) atoms. The van der Waals surface area contributed by atoms with E-state index in [1.165, 1.54) is 5.56 Å². The van der Waals surface area contributed by atoms with E-state index in [0.717, 1.165) is 56.4 Å². The number of carbonyl (C=O) groups excluding carboxylic acids is 1. The number of aryl methyl sites for hydroxylation is 1. The number of nitrogens with zero attached hydrogens (tertiary/aromatic N) is 5. The van der Waals surface area contributed by atoms with Crippen LogP contribution in [0.5, 0.6) is 0 Å². The summed E-state index contributed by atoms with van der Waals surface area (Å²) < 4.78 is 2.08. The first-order chi connectivity index (χ1) is 14.5. The molecule has 2 aromatic heterocycles. The topological polar surface area (TPSA) is 77.3 Å². The van der Waals surface area contributed by atoms with Gasteiger partial charge < -0.3 is 19.9 Å². The lowest BCUT2D eigenvalue weighted by Gasteiger charge is -2.36. The summed E-state index contributed by atoms with van der Waals surface area (Å²) in [4.78, 5) is 26.1. The van der Waals surface area contributed by atoms with Crippen molar-refractivity contribution in [2.75, 3.05) is 45.8 Å². The summed E-state index contributed by atoms with van der Waals surface area (Å²) in [6.45, 7) is 13.6. The molecule has 1 aliphatic heterocycles. The molecule has 8 heteroatoms. The van der Waals surface area contributed by atoms with Crippen LogP contribution in [0.25, 0.3) is 5.65 Å². The number of amides is 1. The van der Waals surface area contributed by atoms with E-state index in [-0.39, 0.29) is 11.9 Å². The van der Waals surface area contributed by atoms with Crippen LogP contribution in [0.2, 0.25) is 0 Å². The van der Waals surface area contributed by atoms with E-state index in [1.807, 2.05) is 26.1 Å². The normalized spacial score (nSPS) is 15.8. The number of fused-ring (bicyclic) bond motifs is 1. The summed E-state index contributed by atoms with van der Waals surface area (Å²) in [5, 5.41) is 6.37. The first-order valence-electron chi connectivity index (χ1n) is 10.9. The van der Waals surface area contributed by atoms with Crippen LogP contribution in [-0.4, -0.2) is 82.9 Å². The number of nitrogens with one attached hydrogen (secondary N) is 2. The van der Waals surface area contributed by atoms with Crippen LogP contribution in [0.4, 0.5) is 0 Å². The van der Waals surface area contributed by atoms with Gasteiger partial charge in [-0.15, -0.1) is 0 Å². The molecule has 8 nitrogen and oxygen atoms in total. The molecule has 0 saturated carbocycles. The van der Waals surface area contributed by atoms with Crippen molar-refractivity contribution >= 4 is 17.5 Å². The molecule has 3 rings (SSSR count). The predicted molar refractivity (Wildman–Crippen MR) is 121 cm³/mol. The van der Waals surface area contributed by atoms with E-state index in [2.05, 4.69) is 50.9 Å². The highest BCUT2D eigenvalue weighted by molar-refractivity contribution is 5.80. The Labute approximate surface area is 179 Å². The maximum Gasteiger partial charge on any atom is 0.234 e. The zero-order valence-corrected chi connectivity index (χ0v) is 18.7. The van der Waals surface area contributed by atoms with Gasteiger partial charge in [-0.05, 0) is 39.3 Å². The second kappa shape index (κ2) is 10.4. The Bertz CT molecular complexity index is 865. The molecular weight excluding hydrogens is 378 g/mol. The Balaban J connectivity index is 1.53. The molecule has 1 amide bonds. The smallest absolute Gasteiger partial charge is 0.234 e. The van der Waals surface area contributed by atoms with E-state index in [4.69, 9.17) is 9.98 Å². The van der Waals surface area contributed by atoms with E-state index in [0.29, 0.717) is 13.1 Å². The zero-order chi connectivity index (χ0) is 21.5. The van der Waals surface area contributed by atoms with Gasteiger partial charge in [0.1, 0.15) is 5.65 Å². The lowest BCUT2D eigenvalue weighted by molar-refractivity contribution is -0.123. The molecule has 1 aliphatic rings. The molecule has 164 valence electrons. The Hall–Kier alpha value is -2.61. The largest absolute Gasteiger partial charge is 0.357 e. The van der Waals surface area contributed by atoms with Crippen LogP contribution < -0.4 is 10.6 Å². The Morgan fingerprint density at radius 1 is 1.27 bits per heavy atom. The number of guanidine groups is 1. The SMILES string of the molecule is CCNC(=NCCc1cn2cccc(C)c2n1)N1CCN(CC(=O)NC(C)C)CC1. The van der Waals surface area contributed by atoms with E-state index in [9.17, 15) is 4.79 Å². The number of rotatable bonds is 7. The summed E-state index contributed by atoms with van der Waals surface area (Å²) in [6, 6.07) is 4.31. The van der Waals surface area contributed by atoms with Crippen molar-refractivity contribution < 1.29 is 4.79 Å². The number of aliphatic imine (C=N–C) groups is 1. The van der Waals surface area contributed by atoms with Gasteiger partial charge >= 0.3 is 0 Å². The molecule has 0 unspecified atom stereocenters. The highest BCUT2D eigenvalue weighted by Gasteiger charge is 2.21. The average molecular weight is 414 g/mol. The lowest BCUT2D eigenvalue weighted by atomic mass is 10.3. The van der Waals surface area contributed by atoms with Gasteiger partial charge in [0, 0.05) is 64.1 Å². The Morgan fingerprint density at radius 3 is 2.70 bits per heavy atom. The van der Waals surface area contributed by atoms with Crippen molar-refractivity contribution in [3.63, 3.8) is 0 Å². The standard InChI is InChI=1S/C22H35N7O/c1-5-23-22(28-13-11-27(12-14-28)16-20(30)25-17(2)3)24-9-8-19-15-29-10-6-7-18(4)21(29)26-19/h6-7,10,15,17H,5,8-9,11-14,16H2,1-4H3,(H,23,24)(H,25,30). The van der Waals surface area contributed by atoms with Crippen molar-refractivity contribution in [1.29, 1.82) is 0 Å². The second-order valence-corrected chi connectivity index (χ2v) is 8.13. The Morgan fingerprint density at radius 2 is 2.03 bits per heavy atom. The fourth-order valence-corrected chi connectivity index (χ4v) is 3.72. The number of pyridine rings is 1. The molecular formula is C22H35N7O. The van der Waals surface area contributed by atoms with Crippen LogP contribution in [0.3, 0.4) is 0 Å². The average Bonchev–Trinajstić information content (AvgIpc) is 3.12. The third-order valence-corrected chi connectivity index (χ3v) is 5.18. The minimum Gasteiger partial charge on any atom is -0.357 e. The highest BCUT2D eigenvalue weighted by atomic mass is 16.2. The van der Waals surface area contributed by atoms with Crippen molar-refractivity contribution in [2.24, 2.45) is 4.99 Å². The summed E-state index contributed by atoms with van der Waals surface area (Å²) in [7, 11) is 0. The van der Waals surface area contributed by atoms with Gasteiger partial charge in [0.05, 0.1) is 12.2 Å². The molecule has 0 spiro atoms. The molecule has 1 saturated heterocycles. The number of carbonyl (C=O) groups is 1. The highest BCUT2D eigenvalue weighted by Crippen LogP contribution is 2.10. The molecule has 0 aliphatic carbocycles. The summed E-state index contributed by atoms with van der Waals surface area (Å²) in [5.41, 5.74) is 3.26. The fraction of sp³-hybridized carbons (Fsp3) is 0.591. The van der Waals surface area contributed by atoms with Crippen molar-refractivity contribution in [3.8, 4) is 0 Å². The molecule has 2 aromatic rings. The monoisotopic (exact) mass is 413 g/mol. The molecule has 1 fully saturated rings. The minimum atomic E-state index is 0.0988. The minimum absolute atomic E-state index is 0.0988. The van der Waals surface area contributed by atoms with E-state index < -0.39 is 0 Å². The van der Waals surface area contributed by atoms with Crippen molar-refractivity contribution in [2.45, 2.75) is 40.2 Å². The summed E-state index contributed by atoms with van der Waals surface area (Å²) >= 11 is 0. The third-order valence-electron chi connectivity index (χ3n) is 5.18. The zero-order valence-electron chi connectivity index (χ0n) is 18.7. The van der Waals surface area contributed by atoms with Gasteiger partial charge in [0.2, 0.25) is 5.91 Å². The van der Waals surface area contributed by atoms with Crippen LogP contribution >= 0.6 is 0 Å². The molecule has 2 N–H and O–H groups in total. The first-order valence-corrected chi connectivity index (χ1v) is 10.9. The number of imidazole rings is 1. The fourth-order valence-electron chi connectivity index (χ4n) is 3.72. The first kappa shape index (κ1) is 22.1. The maximum absolute atomic E-state index is 12.0. The van der Waals surface area contributed by atoms with Crippen LogP contribution in [0, 0.1) is 6.92 Å². The van der Waals surface area contributed by atoms with Gasteiger partial charge in [-0.25, -0.2) is 4.98 Å². The van der Waals surface area contributed by atoms with Gasteiger partial charge in [-0.2, -0.15) is 0 Å². The van der Waals surface area contributed by atoms with Crippen LogP contribution in [-0.2, 0) is 11.2 Å². The second-order valence-electron chi connectivity index (χ2n) is 8.13. The molecule has 0 aromatic carbocycles. The van der Waals surface area contributed by atoms with Gasteiger partial charge in [0.25, 0.3) is 0 Å². The third kappa shape index (κ3) is 5.95. The van der Waals surface area contributed by atoms with Crippen LogP contribution in [0.15, 0.2) is 29.5 Å². The quantitative estimate of drug-likeness (QED) is 0.528. The number of piperazine rings is 1. The van der Waals surface area contributed by atoms with E-state index in [1.54, 1.807) is 0 Å². The Kier molecular flexibility index (Phi) is 7.68. The van der Waals surface area contributed by atoms with Crippen LogP contribution in [0.1, 0.15) is 32.0 Å². The molecule has 0 radical (unpaired) electrons. The molecule has 0 atom stereocenters. The van der Waals surface area contributed by atoms with Crippen molar-refractivity contribution in [3.05, 3.63) is 35.8 Å². The van der Waals surface area contributed by atoms with Gasteiger partial charge in [0.15, 0.2) is 5.96 Å². The number of hydrogen-bond donors (Lipinski definition) is 2.